The zero-order valence-electron chi connectivity index (χ0n) is 11.8. The number of carboxylic acid groups (broad SMARTS) is 1. The number of amides is 1. The molecule has 0 aliphatic heterocycles. The minimum atomic E-state index is -3.68. The second-order valence-corrected chi connectivity index (χ2v) is 6.40. The van der Waals surface area contributed by atoms with Crippen LogP contribution in [0.15, 0.2) is 29.2 Å². The molecule has 21 heavy (non-hydrogen) atoms. The third kappa shape index (κ3) is 5.52. The molecule has 1 atom stereocenters. The van der Waals surface area contributed by atoms with Crippen LogP contribution in [0.4, 0.5) is 5.69 Å². The first kappa shape index (κ1) is 17.1. The van der Waals surface area contributed by atoms with Gasteiger partial charge in [0.2, 0.25) is 15.9 Å². The quantitative estimate of drug-likeness (QED) is 0.696. The van der Waals surface area contributed by atoms with Crippen molar-refractivity contribution in [3.8, 4) is 0 Å². The summed E-state index contributed by atoms with van der Waals surface area (Å²) in [6.07, 6.45) is 0.207. The Bertz CT molecular complexity index is 610. The van der Waals surface area contributed by atoms with E-state index in [1.54, 1.807) is 0 Å². The summed E-state index contributed by atoms with van der Waals surface area (Å²) in [7, 11) is -3.68. The van der Waals surface area contributed by atoms with Crippen LogP contribution in [0.1, 0.15) is 20.3 Å². The molecule has 0 spiro atoms. The maximum atomic E-state index is 12.0. The molecule has 1 aromatic carbocycles. The normalized spacial score (nSPS) is 12.7. The molecule has 0 saturated carbocycles. The molecule has 0 aliphatic rings. The standard InChI is InChI=1S/C13H18N2O5S/c1-9(13(17)18)7-8-14-21(19,20)12-5-3-11(4-6-12)15-10(2)16/h3-6,9,14H,7-8H2,1-2H3,(H,15,16)(H,17,18). The zero-order valence-corrected chi connectivity index (χ0v) is 12.6. The summed E-state index contributed by atoms with van der Waals surface area (Å²) < 4.78 is 26.3. The van der Waals surface area contributed by atoms with Gasteiger partial charge in [0, 0.05) is 19.2 Å². The topological polar surface area (TPSA) is 113 Å². The summed E-state index contributed by atoms with van der Waals surface area (Å²) in [5.41, 5.74) is 0.501. The zero-order chi connectivity index (χ0) is 16.0. The van der Waals surface area contributed by atoms with Gasteiger partial charge in [0.15, 0.2) is 0 Å². The third-order valence-electron chi connectivity index (χ3n) is 2.78. The number of carbonyl (C=O) groups excluding carboxylic acids is 1. The minimum absolute atomic E-state index is 0.0449. The lowest BCUT2D eigenvalue weighted by Gasteiger charge is -2.09. The van der Waals surface area contributed by atoms with Crippen LogP contribution in [0.2, 0.25) is 0 Å². The fourth-order valence-corrected chi connectivity index (χ4v) is 2.58. The SMILES string of the molecule is CC(=O)Nc1ccc(S(=O)(=O)NCCC(C)C(=O)O)cc1. The molecule has 1 aromatic rings. The number of hydrogen-bond acceptors (Lipinski definition) is 4. The lowest BCUT2D eigenvalue weighted by atomic mass is 10.1. The Labute approximate surface area is 123 Å². The second kappa shape index (κ2) is 7.19. The minimum Gasteiger partial charge on any atom is -0.481 e. The Morgan fingerprint density at radius 1 is 1.24 bits per heavy atom. The van der Waals surface area contributed by atoms with Gasteiger partial charge in [-0.2, -0.15) is 0 Å². The number of carbonyl (C=O) groups is 2. The number of sulfonamides is 1. The largest absolute Gasteiger partial charge is 0.481 e. The number of anilines is 1. The van der Waals surface area contributed by atoms with Crippen LogP contribution in [0, 0.1) is 5.92 Å². The van der Waals surface area contributed by atoms with Crippen molar-refractivity contribution in [1.82, 2.24) is 4.72 Å². The molecule has 1 amide bonds. The highest BCUT2D eigenvalue weighted by Gasteiger charge is 2.16. The molecule has 0 fully saturated rings. The monoisotopic (exact) mass is 314 g/mol. The maximum Gasteiger partial charge on any atom is 0.306 e. The fourth-order valence-electron chi connectivity index (χ4n) is 1.54. The third-order valence-corrected chi connectivity index (χ3v) is 4.25. The summed E-state index contributed by atoms with van der Waals surface area (Å²) in [5, 5.41) is 11.3. The predicted octanol–water partition coefficient (Wildman–Crippen LogP) is 1.03. The number of hydrogen-bond donors (Lipinski definition) is 3. The van der Waals surface area contributed by atoms with E-state index in [0.717, 1.165) is 0 Å². The smallest absolute Gasteiger partial charge is 0.306 e. The van der Waals surface area contributed by atoms with Crippen LogP contribution < -0.4 is 10.0 Å². The summed E-state index contributed by atoms with van der Waals surface area (Å²) in [6, 6.07) is 5.70. The van der Waals surface area contributed by atoms with Crippen molar-refractivity contribution in [3.05, 3.63) is 24.3 Å². The van der Waals surface area contributed by atoms with Gasteiger partial charge in [0.1, 0.15) is 0 Å². The van der Waals surface area contributed by atoms with Crippen LogP contribution >= 0.6 is 0 Å². The average Bonchev–Trinajstić information content (AvgIpc) is 2.38. The van der Waals surface area contributed by atoms with Gasteiger partial charge in [-0.3, -0.25) is 9.59 Å². The molecule has 1 unspecified atom stereocenters. The Morgan fingerprint density at radius 3 is 2.29 bits per heavy atom. The molecular weight excluding hydrogens is 296 g/mol. The number of rotatable bonds is 7. The maximum absolute atomic E-state index is 12.0. The Balaban J connectivity index is 2.66. The lowest BCUT2D eigenvalue weighted by Crippen LogP contribution is -2.27. The molecule has 0 aromatic heterocycles. The highest BCUT2D eigenvalue weighted by atomic mass is 32.2. The predicted molar refractivity (Wildman–Crippen MR) is 77.4 cm³/mol. The van der Waals surface area contributed by atoms with E-state index < -0.39 is 21.9 Å². The number of aliphatic carboxylic acids is 1. The second-order valence-electron chi connectivity index (χ2n) is 4.63. The summed E-state index contributed by atoms with van der Waals surface area (Å²) in [5.74, 6) is -1.82. The Morgan fingerprint density at radius 2 is 1.81 bits per heavy atom. The van der Waals surface area contributed by atoms with Crippen molar-refractivity contribution in [1.29, 1.82) is 0 Å². The Kier molecular flexibility index (Phi) is 5.86. The van der Waals surface area contributed by atoms with E-state index in [0.29, 0.717) is 5.69 Å². The lowest BCUT2D eigenvalue weighted by molar-refractivity contribution is -0.141. The van der Waals surface area contributed by atoms with Gasteiger partial charge in [0.05, 0.1) is 10.8 Å². The van der Waals surface area contributed by atoms with Gasteiger partial charge >= 0.3 is 5.97 Å². The summed E-state index contributed by atoms with van der Waals surface area (Å²) in [4.78, 5) is 21.6. The van der Waals surface area contributed by atoms with Gasteiger partial charge in [-0.05, 0) is 30.7 Å². The van der Waals surface area contributed by atoms with Crippen molar-refractivity contribution in [2.45, 2.75) is 25.2 Å². The van der Waals surface area contributed by atoms with E-state index >= 15 is 0 Å². The molecule has 8 heteroatoms. The first-order valence-corrected chi connectivity index (χ1v) is 7.81. The highest BCUT2D eigenvalue weighted by Crippen LogP contribution is 2.14. The van der Waals surface area contributed by atoms with Crippen LogP contribution in [-0.2, 0) is 19.6 Å². The van der Waals surface area contributed by atoms with Gasteiger partial charge < -0.3 is 10.4 Å². The van der Waals surface area contributed by atoms with Crippen molar-refractivity contribution >= 4 is 27.6 Å². The molecule has 0 saturated heterocycles. The molecule has 116 valence electrons. The van der Waals surface area contributed by atoms with Crippen molar-refractivity contribution in [2.75, 3.05) is 11.9 Å². The Hall–Kier alpha value is -1.93. The van der Waals surface area contributed by atoms with Crippen LogP contribution in [0.3, 0.4) is 0 Å². The van der Waals surface area contributed by atoms with Crippen molar-refractivity contribution in [2.24, 2.45) is 5.92 Å². The average molecular weight is 314 g/mol. The van der Waals surface area contributed by atoms with Gasteiger partial charge in [0.25, 0.3) is 0 Å². The summed E-state index contributed by atoms with van der Waals surface area (Å²) >= 11 is 0. The van der Waals surface area contributed by atoms with E-state index in [1.807, 2.05) is 0 Å². The number of nitrogens with one attached hydrogen (secondary N) is 2. The van der Waals surface area contributed by atoms with Crippen molar-refractivity contribution in [3.63, 3.8) is 0 Å². The van der Waals surface area contributed by atoms with Gasteiger partial charge in [-0.25, -0.2) is 13.1 Å². The van der Waals surface area contributed by atoms with E-state index in [4.69, 9.17) is 5.11 Å². The van der Waals surface area contributed by atoms with Crippen LogP contribution in [0.5, 0.6) is 0 Å². The number of benzene rings is 1. The molecule has 7 nitrogen and oxygen atoms in total. The summed E-state index contributed by atoms with van der Waals surface area (Å²) in [6.45, 7) is 2.91. The molecule has 1 rings (SSSR count). The van der Waals surface area contributed by atoms with Crippen LogP contribution in [-0.4, -0.2) is 31.9 Å². The highest BCUT2D eigenvalue weighted by molar-refractivity contribution is 7.89. The number of carboxylic acids is 1. The first-order chi connectivity index (χ1) is 9.72. The van der Waals surface area contributed by atoms with E-state index in [1.165, 1.54) is 38.1 Å². The fraction of sp³-hybridized carbons (Fsp3) is 0.385. The molecule has 0 bridgehead atoms. The van der Waals surface area contributed by atoms with Crippen molar-refractivity contribution < 1.29 is 23.1 Å². The van der Waals surface area contributed by atoms with Gasteiger partial charge in [-0.15, -0.1) is 0 Å². The first-order valence-electron chi connectivity index (χ1n) is 6.32. The molecule has 0 heterocycles. The van der Waals surface area contributed by atoms with E-state index in [2.05, 4.69) is 10.0 Å². The molecule has 0 radical (unpaired) electrons. The molecule has 3 N–H and O–H groups in total. The molecule has 0 aliphatic carbocycles. The van der Waals surface area contributed by atoms with Gasteiger partial charge in [-0.1, -0.05) is 6.92 Å². The van der Waals surface area contributed by atoms with E-state index in [9.17, 15) is 18.0 Å². The van der Waals surface area contributed by atoms with Crippen LogP contribution in [0.25, 0.3) is 0 Å². The van der Waals surface area contributed by atoms with E-state index in [-0.39, 0.29) is 23.8 Å². The molecular formula is C13H18N2O5S.